The minimum absolute atomic E-state index is 0.207. The van der Waals surface area contributed by atoms with E-state index < -0.39 is 6.10 Å². The predicted molar refractivity (Wildman–Crippen MR) is 97.5 cm³/mol. The van der Waals surface area contributed by atoms with Crippen molar-refractivity contribution in [3.63, 3.8) is 0 Å². The molecule has 2 aromatic rings. The van der Waals surface area contributed by atoms with Crippen LogP contribution >= 0.6 is 11.6 Å². The van der Waals surface area contributed by atoms with Gasteiger partial charge in [0, 0.05) is 17.6 Å². The van der Waals surface area contributed by atoms with Gasteiger partial charge in [-0.3, -0.25) is 9.59 Å². The van der Waals surface area contributed by atoms with Crippen LogP contribution < -0.4 is 20.1 Å². The molecule has 132 valence electrons. The minimum atomic E-state index is -0.740. The lowest BCUT2D eigenvalue weighted by atomic mass is 10.2. The Morgan fingerprint density at radius 1 is 1.08 bits per heavy atom. The fourth-order valence-electron chi connectivity index (χ4n) is 2.09. The normalized spacial score (nSPS) is 11.4. The maximum atomic E-state index is 12.4. The highest BCUT2D eigenvalue weighted by Crippen LogP contribution is 2.28. The third-order valence-corrected chi connectivity index (χ3v) is 3.53. The molecule has 0 heterocycles. The zero-order chi connectivity index (χ0) is 18.4. The van der Waals surface area contributed by atoms with Crippen molar-refractivity contribution in [3.8, 4) is 11.5 Å². The number of hydrogen-bond acceptors (Lipinski definition) is 4. The van der Waals surface area contributed by atoms with Crippen LogP contribution in [-0.4, -0.2) is 25.0 Å². The number of benzene rings is 2. The molecule has 0 saturated carbocycles. The molecule has 0 aromatic heterocycles. The van der Waals surface area contributed by atoms with E-state index in [0.717, 1.165) is 0 Å². The number of ether oxygens (including phenoxy) is 2. The summed E-state index contributed by atoms with van der Waals surface area (Å²) in [7, 11) is 1.50. The van der Waals surface area contributed by atoms with Crippen LogP contribution in [0.15, 0.2) is 42.5 Å². The van der Waals surface area contributed by atoms with E-state index >= 15 is 0 Å². The van der Waals surface area contributed by atoms with Gasteiger partial charge in [-0.2, -0.15) is 0 Å². The Morgan fingerprint density at radius 3 is 2.36 bits per heavy atom. The van der Waals surface area contributed by atoms with Crippen molar-refractivity contribution in [2.75, 3.05) is 17.7 Å². The van der Waals surface area contributed by atoms with Gasteiger partial charge >= 0.3 is 0 Å². The van der Waals surface area contributed by atoms with Crippen LogP contribution in [0.4, 0.5) is 11.4 Å². The fraction of sp³-hybridized carbons (Fsp3) is 0.222. The Morgan fingerprint density at radius 2 is 1.76 bits per heavy atom. The van der Waals surface area contributed by atoms with Crippen molar-refractivity contribution in [3.05, 3.63) is 47.5 Å². The molecule has 6 nitrogen and oxygen atoms in total. The molecule has 0 saturated heterocycles. The number of nitrogens with one attached hydrogen (secondary N) is 2. The molecule has 7 heteroatoms. The molecule has 2 N–H and O–H groups in total. The molecule has 0 spiro atoms. The molecular weight excluding hydrogens is 344 g/mol. The molecule has 0 aliphatic heterocycles. The van der Waals surface area contributed by atoms with E-state index in [1.807, 2.05) is 0 Å². The molecular formula is C18H19ClN2O4. The molecule has 0 bridgehead atoms. The maximum absolute atomic E-state index is 12.4. The summed E-state index contributed by atoms with van der Waals surface area (Å²) in [5.41, 5.74) is 0.986. The number of halogens is 1. The van der Waals surface area contributed by atoms with Gasteiger partial charge < -0.3 is 20.1 Å². The fourth-order valence-corrected chi connectivity index (χ4v) is 2.22. The number of anilines is 2. The van der Waals surface area contributed by atoms with Gasteiger partial charge in [0.05, 0.1) is 12.8 Å². The van der Waals surface area contributed by atoms with E-state index in [4.69, 9.17) is 21.1 Å². The first kappa shape index (κ1) is 18.6. The van der Waals surface area contributed by atoms with Crippen molar-refractivity contribution in [1.29, 1.82) is 0 Å². The summed E-state index contributed by atoms with van der Waals surface area (Å²) >= 11 is 5.82. The van der Waals surface area contributed by atoms with Crippen LogP contribution in [0.1, 0.15) is 13.8 Å². The van der Waals surface area contributed by atoms with Crippen molar-refractivity contribution in [2.45, 2.75) is 20.0 Å². The first-order valence-corrected chi connectivity index (χ1v) is 7.95. The highest BCUT2D eigenvalue weighted by Gasteiger charge is 2.17. The molecule has 0 unspecified atom stereocenters. The predicted octanol–water partition coefficient (Wildman–Crippen LogP) is 3.71. The maximum Gasteiger partial charge on any atom is 0.265 e. The van der Waals surface area contributed by atoms with E-state index in [0.29, 0.717) is 27.9 Å². The van der Waals surface area contributed by atoms with Gasteiger partial charge in [-0.1, -0.05) is 11.6 Å². The van der Waals surface area contributed by atoms with Crippen molar-refractivity contribution >= 4 is 34.8 Å². The molecule has 0 aliphatic rings. The van der Waals surface area contributed by atoms with E-state index in [2.05, 4.69) is 10.6 Å². The summed E-state index contributed by atoms with van der Waals surface area (Å²) in [4.78, 5) is 23.6. The lowest BCUT2D eigenvalue weighted by molar-refractivity contribution is -0.122. The van der Waals surface area contributed by atoms with Gasteiger partial charge in [-0.05, 0) is 49.4 Å². The van der Waals surface area contributed by atoms with Crippen molar-refractivity contribution in [2.24, 2.45) is 0 Å². The Bertz CT molecular complexity index is 762. The van der Waals surface area contributed by atoms with Crippen LogP contribution in [0.2, 0.25) is 5.02 Å². The lowest BCUT2D eigenvalue weighted by Gasteiger charge is -2.17. The molecule has 2 aromatic carbocycles. The van der Waals surface area contributed by atoms with Gasteiger partial charge in [0.2, 0.25) is 5.91 Å². The average Bonchev–Trinajstić information content (AvgIpc) is 2.56. The summed E-state index contributed by atoms with van der Waals surface area (Å²) in [5, 5.41) is 5.98. The van der Waals surface area contributed by atoms with Crippen molar-refractivity contribution < 1.29 is 19.1 Å². The molecule has 2 amide bonds. The first-order chi connectivity index (χ1) is 11.9. The number of carbonyl (C=O) groups is 2. The van der Waals surface area contributed by atoms with E-state index in [1.165, 1.54) is 14.0 Å². The van der Waals surface area contributed by atoms with Crippen LogP contribution in [0, 0.1) is 0 Å². The minimum Gasteiger partial charge on any atom is -0.495 e. The summed E-state index contributed by atoms with van der Waals surface area (Å²) < 4.78 is 10.8. The number of hydrogen-bond donors (Lipinski definition) is 2. The van der Waals surface area contributed by atoms with Crippen molar-refractivity contribution in [1.82, 2.24) is 0 Å². The van der Waals surface area contributed by atoms with E-state index in [1.54, 1.807) is 49.4 Å². The highest BCUT2D eigenvalue weighted by atomic mass is 35.5. The van der Waals surface area contributed by atoms with Crippen LogP contribution in [-0.2, 0) is 9.59 Å². The molecule has 2 rings (SSSR count). The van der Waals surface area contributed by atoms with Gasteiger partial charge in [0.15, 0.2) is 6.10 Å². The zero-order valence-electron chi connectivity index (χ0n) is 14.1. The highest BCUT2D eigenvalue weighted by molar-refractivity contribution is 6.30. The monoisotopic (exact) mass is 362 g/mol. The first-order valence-electron chi connectivity index (χ1n) is 7.57. The van der Waals surface area contributed by atoms with Crippen LogP contribution in [0.3, 0.4) is 0 Å². The summed E-state index contributed by atoms with van der Waals surface area (Å²) in [6, 6.07) is 11.7. The van der Waals surface area contributed by atoms with Gasteiger partial charge in [-0.25, -0.2) is 0 Å². The Hall–Kier alpha value is -2.73. The molecule has 0 fully saturated rings. The van der Waals surface area contributed by atoms with Crippen LogP contribution in [0.25, 0.3) is 0 Å². The SMILES string of the molecule is COc1ccc(NC(C)=O)cc1NC(=O)[C@H](C)Oc1ccc(Cl)cc1. The van der Waals surface area contributed by atoms with Crippen LogP contribution in [0.5, 0.6) is 11.5 Å². The second-order valence-corrected chi connectivity index (χ2v) is 5.74. The standard InChI is InChI=1S/C18H19ClN2O4/c1-11(25-15-7-4-13(19)5-8-15)18(23)21-16-10-14(20-12(2)22)6-9-17(16)24-3/h4-11H,1-3H3,(H,20,22)(H,21,23)/t11-/m0/s1. The second kappa shape index (κ2) is 8.39. The number of carbonyl (C=O) groups excluding carboxylic acids is 2. The van der Waals surface area contributed by atoms with E-state index in [9.17, 15) is 9.59 Å². The lowest BCUT2D eigenvalue weighted by Crippen LogP contribution is -2.30. The quantitative estimate of drug-likeness (QED) is 0.821. The molecule has 1 atom stereocenters. The number of rotatable bonds is 6. The summed E-state index contributed by atoms with van der Waals surface area (Å²) in [6.07, 6.45) is -0.740. The Kier molecular flexibility index (Phi) is 6.25. The van der Waals surface area contributed by atoms with E-state index in [-0.39, 0.29) is 11.8 Å². The third-order valence-electron chi connectivity index (χ3n) is 3.27. The number of amides is 2. The second-order valence-electron chi connectivity index (χ2n) is 5.30. The van der Waals surface area contributed by atoms with Gasteiger partial charge in [0.25, 0.3) is 5.91 Å². The number of methoxy groups -OCH3 is 1. The summed E-state index contributed by atoms with van der Waals surface area (Å²) in [6.45, 7) is 3.04. The topological polar surface area (TPSA) is 76.7 Å². The molecule has 25 heavy (non-hydrogen) atoms. The average molecular weight is 363 g/mol. The Labute approximate surface area is 151 Å². The largest absolute Gasteiger partial charge is 0.495 e. The van der Waals surface area contributed by atoms with Gasteiger partial charge in [-0.15, -0.1) is 0 Å². The van der Waals surface area contributed by atoms with Gasteiger partial charge in [0.1, 0.15) is 11.5 Å². The zero-order valence-corrected chi connectivity index (χ0v) is 14.9. The molecule has 0 radical (unpaired) electrons. The molecule has 0 aliphatic carbocycles. The third kappa shape index (κ3) is 5.39. The Balaban J connectivity index is 2.09. The smallest absolute Gasteiger partial charge is 0.265 e. The summed E-state index contributed by atoms with van der Waals surface area (Å²) in [5.74, 6) is 0.447.